The van der Waals surface area contributed by atoms with Crippen LogP contribution in [0.4, 0.5) is 5.69 Å². The van der Waals surface area contributed by atoms with Crippen LogP contribution in [0.5, 0.6) is 5.75 Å². The lowest BCUT2D eigenvalue weighted by atomic mass is 9.91. The molecular formula is C24H24N4O4. The first-order chi connectivity index (χ1) is 15.6. The molecule has 1 aliphatic heterocycles. The molecule has 2 heterocycles. The zero-order valence-electron chi connectivity index (χ0n) is 17.8. The molecule has 1 N–H and O–H groups in total. The van der Waals surface area contributed by atoms with Crippen molar-refractivity contribution in [2.45, 2.75) is 44.2 Å². The van der Waals surface area contributed by atoms with Crippen LogP contribution in [0.1, 0.15) is 59.8 Å². The van der Waals surface area contributed by atoms with Crippen molar-refractivity contribution in [2.75, 3.05) is 7.11 Å². The largest absolute Gasteiger partial charge is 0.497 e. The standard InChI is InChI=1S/C24H24N4O4/c1-32-19-13-9-15(10-14-19)21-20-22(26-25-21)24(29)27(17-5-3-2-4-6-17)23(20)16-7-11-18(12-8-16)28(30)31/h7-14,17,23H,2-6H2,1H3,(H,25,26). The van der Waals surface area contributed by atoms with Crippen LogP contribution in [-0.4, -0.2) is 39.1 Å². The SMILES string of the molecule is COc1ccc(-c2n[nH]c3c2C(c2ccc([N+](=O)[O-])cc2)N(C2CCCCC2)C3=O)cc1. The second-order valence-electron chi connectivity index (χ2n) is 8.34. The van der Waals surface area contributed by atoms with E-state index >= 15 is 0 Å². The number of methoxy groups -OCH3 is 1. The van der Waals surface area contributed by atoms with E-state index in [1.165, 1.54) is 18.6 Å². The fourth-order valence-electron chi connectivity index (χ4n) is 4.98. The summed E-state index contributed by atoms with van der Waals surface area (Å²) in [6, 6.07) is 13.9. The summed E-state index contributed by atoms with van der Waals surface area (Å²) in [5.74, 6) is 0.690. The maximum Gasteiger partial charge on any atom is 0.273 e. The summed E-state index contributed by atoms with van der Waals surface area (Å²) < 4.78 is 5.27. The lowest BCUT2D eigenvalue weighted by molar-refractivity contribution is -0.384. The van der Waals surface area contributed by atoms with Gasteiger partial charge in [-0.25, -0.2) is 0 Å². The van der Waals surface area contributed by atoms with Gasteiger partial charge in [0, 0.05) is 29.3 Å². The van der Waals surface area contributed by atoms with Crippen molar-refractivity contribution in [3.8, 4) is 17.0 Å². The van der Waals surface area contributed by atoms with Crippen molar-refractivity contribution < 1.29 is 14.5 Å². The van der Waals surface area contributed by atoms with Gasteiger partial charge in [0.15, 0.2) is 0 Å². The van der Waals surface area contributed by atoms with Crippen LogP contribution in [-0.2, 0) is 0 Å². The summed E-state index contributed by atoms with van der Waals surface area (Å²) in [6.07, 6.45) is 5.30. The molecule has 1 atom stereocenters. The predicted molar refractivity (Wildman–Crippen MR) is 119 cm³/mol. The summed E-state index contributed by atoms with van der Waals surface area (Å²) >= 11 is 0. The first-order valence-corrected chi connectivity index (χ1v) is 10.9. The first-order valence-electron chi connectivity index (χ1n) is 10.9. The number of hydrogen-bond donors (Lipinski definition) is 1. The number of hydrogen-bond acceptors (Lipinski definition) is 5. The fourth-order valence-corrected chi connectivity index (χ4v) is 4.98. The number of rotatable bonds is 5. The highest BCUT2D eigenvalue weighted by atomic mass is 16.6. The molecule has 0 bridgehead atoms. The van der Waals surface area contributed by atoms with Crippen molar-refractivity contribution in [3.05, 3.63) is 75.5 Å². The summed E-state index contributed by atoms with van der Waals surface area (Å²) in [5, 5.41) is 18.6. The Labute approximate surface area is 185 Å². The lowest BCUT2D eigenvalue weighted by Gasteiger charge is -2.36. The van der Waals surface area contributed by atoms with Gasteiger partial charge in [-0.1, -0.05) is 19.3 Å². The second-order valence-corrected chi connectivity index (χ2v) is 8.34. The van der Waals surface area contributed by atoms with Gasteiger partial charge in [0.25, 0.3) is 11.6 Å². The fraction of sp³-hybridized carbons (Fsp3) is 0.333. The number of fused-ring (bicyclic) bond motifs is 1. The van der Waals surface area contributed by atoms with E-state index in [9.17, 15) is 14.9 Å². The number of amides is 1. The number of aromatic nitrogens is 2. The van der Waals surface area contributed by atoms with Gasteiger partial charge in [-0.3, -0.25) is 20.0 Å². The maximum absolute atomic E-state index is 13.5. The molecule has 1 unspecified atom stereocenters. The number of non-ortho nitro benzene ring substituents is 1. The summed E-state index contributed by atoms with van der Waals surface area (Å²) in [7, 11) is 1.62. The van der Waals surface area contributed by atoms with Crippen molar-refractivity contribution in [1.29, 1.82) is 0 Å². The Hall–Kier alpha value is -3.68. The molecule has 1 amide bonds. The van der Waals surface area contributed by atoms with E-state index in [-0.39, 0.29) is 23.7 Å². The minimum Gasteiger partial charge on any atom is -0.497 e. The number of H-pyrrole nitrogens is 1. The number of nitro groups is 1. The third-order valence-corrected chi connectivity index (χ3v) is 6.56. The molecule has 32 heavy (non-hydrogen) atoms. The summed E-state index contributed by atoms with van der Waals surface area (Å²) in [5.41, 5.74) is 3.82. The zero-order valence-corrected chi connectivity index (χ0v) is 17.8. The van der Waals surface area contributed by atoms with Crippen LogP contribution in [0.2, 0.25) is 0 Å². The molecule has 1 fully saturated rings. The highest BCUT2D eigenvalue weighted by molar-refractivity contribution is 6.00. The molecule has 2 aromatic carbocycles. The van der Waals surface area contributed by atoms with Gasteiger partial charge in [-0.05, 0) is 54.8 Å². The van der Waals surface area contributed by atoms with Crippen molar-refractivity contribution >= 4 is 11.6 Å². The molecule has 2 aliphatic rings. The van der Waals surface area contributed by atoms with Crippen LogP contribution in [0.3, 0.4) is 0 Å². The van der Waals surface area contributed by atoms with Gasteiger partial charge in [0.2, 0.25) is 0 Å². The molecule has 8 heteroatoms. The third kappa shape index (κ3) is 3.32. The molecule has 164 valence electrons. The van der Waals surface area contributed by atoms with Crippen molar-refractivity contribution in [3.63, 3.8) is 0 Å². The number of carbonyl (C=O) groups excluding carboxylic acids is 1. The Morgan fingerprint density at radius 1 is 1.06 bits per heavy atom. The van der Waals surface area contributed by atoms with Gasteiger partial charge >= 0.3 is 0 Å². The third-order valence-electron chi connectivity index (χ3n) is 6.56. The summed E-state index contributed by atoms with van der Waals surface area (Å²) in [6.45, 7) is 0. The Morgan fingerprint density at radius 2 is 1.75 bits per heavy atom. The smallest absolute Gasteiger partial charge is 0.273 e. The monoisotopic (exact) mass is 432 g/mol. The number of benzene rings is 2. The lowest BCUT2D eigenvalue weighted by Crippen LogP contribution is -2.40. The highest BCUT2D eigenvalue weighted by Gasteiger charge is 2.45. The Kier molecular flexibility index (Phi) is 5.13. The number of ether oxygens (including phenoxy) is 1. The van der Waals surface area contributed by atoms with Crippen LogP contribution in [0, 0.1) is 10.1 Å². The van der Waals surface area contributed by atoms with Crippen molar-refractivity contribution in [2.24, 2.45) is 0 Å². The number of carbonyl (C=O) groups is 1. The van der Waals surface area contributed by atoms with E-state index in [4.69, 9.17) is 4.74 Å². The van der Waals surface area contributed by atoms with Gasteiger partial charge in [0.1, 0.15) is 11.4 Å². The van der Waals surface area contributed by atoms with Crippen LogP contribution in [0.15, 0.2) is 48.5 Å². The summed E-state index contributed by atoms with van der Waals surface area (Å²) in [4.78, 5) is 26.2. The van der Waals surface area contributed by atoms with Gasteiger partial charge in [-0.15, -0.1) is 0 Å². The average Bonchev–Trinajstić information content (AvgIpc) is 3.38. The molecule has 3 aromatic rings. The van der Waals surface area contributed by atoms with Gasteiger partial charge in [0.05, 0.1) is 23.8 Å². The second kappa shape index (κ2) is 8.11. The number of aromatic amines is 1. The van der Waals surface area contributed by atoms with Crippen LogP contribution < -0.4 is 4.74 Å². The van der Waals surface area contributed by atoms with E-state index in [0.717, 1.165) is 53.8 Å². The minimum atomic E-state index is -0.408. The van der Waals surface area contributed by atoms with E-state index in [1.54, 1.807) is 19.2 Å². The molecular weight excluding hydrogens is 408 g/mol. The highest BCUT2D eigenvalue weighted by Crippen LogP contribution is 2.46. The Morgan fingerprint density at radius 3 is 2.38 bits per heavy atom. The molecule has 0 spiro atoms. The predicted octanol–water partition coefficient (Wildman–Crippen LogP) is 4.87. The Balaban J connectivity index is 1.63. The van der Waals surface area contributed by atoms with Crippen LogP contribution >= 0.6 is 0 Å². The van der Waals surface area contributed by atoms with Gasteiger partial charge < -0.3 is 9.64 Å². The number of nitrogens with one attached hydrogen (secondary N) is 1. The topological polar surface area (TPSA) is 101 Å². The van der Waals surface area contributed by atoms with E-state index < -0.39 is 4.92 Å². The van der Waals surface area contributed by atoms with E-state index in [1.807, 2.05) is 29.2 Å². The molecule has 1 aromatic heterocycles. The molecule has 1 aliphatic carbocycles. The van der Waals surface area contributed by atoms with Crippen LogP contribution in [0.25, 0.3) is 11.3 Å². The van der Waals surface area contributed by atoms with Gasteiger partial charge in [-0.2, -0.15) is 5.10 Å². The molecule has 8 nitrogen and oxygen atoms in total. The van der Waals surface area contributed by atoms with E-state index in [0.29, 0.717) is 5.69 Å². The zero-order chi connectivity index (χ0) is 22.2. The quantitative estimate of drug-likeness (QED) is 0.458. The molecule has 0 saturated heterocycles. The number of nitrogens with zero attached hydrogens (tertiary/aromatic N) is 3. The molecule has 5 rings (SSSR count). The number of nitro benzene ring substituents is 1. The maximum atomic E-state index is 13.5. The minimum absolute atomic E-state index is 0.0325. The first kappa shape index (κ1) is 20.2. The normalized spacial score (nSPS) is 18.6. The average molecular weight is 432 g/mol. The molecule has 0 radical (unpaired) electrons. The Bertz CT molecular complexity index is 1150. The van der Waals surface area contributed by atoms with Crippen molar-refractivity contribution in [1.82, 2.24) is 15.1 Å². The van der Waals surface area contributed by atoms with E-state index in [2.05, 4.69) is 10.2 Å². The molecule has 1 saturated carbocycles.